The van der Waals surface area contributed by atoms with Gasteiger partial charge in [-0.2, -0.15) is 0 Å². The summed E-state index contributed by atoms with van der Waals surface area (Å²) < 4.78 is 4.61. The molecule has 110 valence electrons. The highest BCUT2D eigenvalue weighted by atomic mass is 35.5. The molecule has 0 fully saturated rings. The first-order chi connectivity index (χ1) is 9.93. The molecule has 0 saturated carbocycles. The van der Waals surface area contributed by atoms with Gasteiger partial charge in [0.15, 0.2) is 0 Å². The van der Waals surface area contributed by atoms with Crippen LogP contribution < -0.4 is 0 Å². The van der Waals surface area contributed by atoms with Gasteiger partial charge in [0.1, 0.15) is 6.10 Å². The van der Waals surface area contributed by atoms with Crippen molar-refractivity contribution in [3.05, 3.63) is 68.2 Å². The third-order valence-corrected chi connectivity index (χ3v) is 3.80. The van der Waals surface area contributed by atoms with Crippen LogP contribution in [-0.2, 0) is 4.74 Å². The molecule has 0 saturated heterocycles. The van der Waals surface area contributed by atoms with Crippen LogP contribution in [0.3, 0.4) is 0 Å². The highest BCUT2D eigenvalue weighted by Gasteiger charge is 2.19. The Bertz CT molecular complexity index is 645. The van der Waals surface area contributed by atoms with Crippen molar-refractivity contribution in [1.29, 1.82) is 0 Å². The van der Waals surface area contributed by atoms with Crippen molar-refractivity contribution in [3.8, 4) is 0 Å². The lowest BCUT2D eigenvalue weighted by molar-refractivity contribution is 0.0601. The van der Waals surface area contributed by atoms with Gasteiger partial charge in [0.25, 0.3) is 0 Å². The second kappa shape index (κ2) is 6.67. The number of rotatable bonds is 3. The van der Waals surface area contributed by atoms with Crippen molar-refractivity contribution >= 4 is 40.8 Å². The van der Waals surface area contributed by atoms with Crippen LogP contribution in [0.15, 0.2) is 36.4 Å². The maximum atomic E-state index is 11.6. The minimum absolute atomic E-state index is 0.0767. The summed E-state index contributed by atoms with van der Waals surface area (Å²) in [4.78, 5) is 11.6. The molecule has 1 atom stereocenters. The molecule has 2 rings (SSSR count). The third kappa shape index (κ3) is 3.50. The Hall–Kier alpha value is -1.26. The van der Waals surface area contributed by atoms with Crippen molar-refractivity contribution in [1.82, 2.24) is 0 Å². The molecule has 0 heterocycles. The molecule has 3 nitrogen and oxygen atoms in total. The highest BCUT2D eigenvalue weighted by molar-refractivity contribution is 6.39. The van der Waals surface area contributed by atoms with E-state index in [4.69, 9.17) is 34.8 Å². The molecule has 1 N–H and O–H groups in total. The van der Waals surface area contributed by atoms with Gasteiger partial charge in [0.2, 0.25) is 0 Å². The first kappa shape index (κ1) is 16.1. The molecular weight excluding hydrogens is 335 g/mol. The van der Waals surface area contributed by atoms with Crippen molar-refractivity contribution in [3.63, 3.8) is 0 Å². The van der Waals surface area contributed by atoms with Crippen molar-refractivity contribution in [2.75, 3.05) is 7.11 Å². The number of halogens is 3. The fourth-order valence-electron chi connectivity index (χ4n) is 1.89. The number of ether oxygens (including phenoxy) is 1. The Morgan fingerprint density at radius 3 is 2.05 bits per heavy atom. The summed E-state index contributed by atoms with van der Waals surface area (Å²) >= 11 is 17.9. The number of hydrogen-bond donors (Lipinski definition) is 1. The lowest BCUT2D eigenvalue weighted by Gasteiger charge is -2.14. The van der Waals surface area contributed by atoms with Gasteiger partial charge in [-0.05, 0) is 35.4 Å². The van der Waals surface area contributed by atoms with Crippen LogP contribution in [0.4, 0.5) is 0 Å². The number of hydrogen-bond acceptors (Lipinski definition) is 3. The number of aliphatic hydroxyl groups is 1. The van der Waals surface area contributed by atoms with Crippen LogP contribution in [-0.4, -0.2) is 18.2 Å². The van der Waals surface area contributed by atoms with Crippen molar-refractivity contribution in [2.45, 2.75) is 6.10 Å². The van der Waals surface area contributed by atoms with E-state index in [-0.39, 0.29) is 15.6 Å². The van der Waals surface area contributed by atoms with E-state index in [0.29, 0.717) is 16.1 Å². The molecule has 0 radical (unpaired) electrons. The maximum Gasteiger partial charge on any atom is 0.340 e. The Kier molecular flexibility index (Phi) is 5.12. The van der Waals surface area contributed by atoms with Gasteiger partial charge in [0, 0.05) is 5.02 Å². The fourth-order valence-corrected chi connectivity index (χ4v) is 2.67. The van der Waals surface area contributed by atoms with E-state index in [9.17, 15) is 9.90 Å². The summed E-state index contributed by atoms with van der Waals surface area (Å²) in [5, 5.41) is 11.2. The van der Waals surface area contributed by atoms with E-state index in [1.807, 2.05) is 0 Å². The standard InChI is InChI=1S/C15H11Cl3O3/c1-21-15(20)13-11(17)6-9(7-12(13)18)14(19)8-2-4-10(16)5-3-8/h2-7,14,19H,1H3. The minimum Gasteiger partial charge on any atom is -0.465 e. The molecule has 1 unspecified atom stereocenters. The van der Waals surface area contributed by atoms with Gasteiger partial charge in [-0.3, -0.25) is 0 Å². The summed E-state index contributed by atoms with van der Waals surface area (Å²) in [5.74, 6) is -0.627. The summed E-state index contributed by atoms with van der Waals surface area (Å²) in [6.45, 7) is 0. The summed E-state index contributed by atoms with van der Waals surface area (Å²) in [6.07, 6.45) is -0.927. The molecule has 2 aromatic rings. The van der Waals surface area contributed by atoms with Crippen molar-refractivity contribution < 1.29 is 14.6 Å². The van der Waals surface area contributed by atoms with Gasteiger partial charge < -0.3 is 9.84 Å². The van der Waals surface area contributed by atoms with Crippen LogP contribution in [0.5, 0.6) is 0 Å². The SMILES string of the molecule is COC(=O)c1c(Cl)cc(C(O)c2ccc(Cl)cc2)cc1Cl. The van der Waals surface area contributed by atoms with Crippen LogP contribution in [0.1, 0.15) is 27.6 Å². The normalized spacial score (nSPS) is 12.0. The average Bonchev–Trinajstić information content (AvgIpc) is 2.46. The first-order valence-electron chi connectivity index (χ1n) is 5.95. The summed E-state index contributed by atoms with van der Waals surface area (Å²) in [6, 6.07) is 9.71. The number of benzene rings is 2. The molecule has 0 aromatic heterocycles. The number of esters is 1. The van der Waals surface area contributed by atoms with Crippen molar-refractivity contribution in [2.24, 2.45) is 0 Å². The van der Waals surface area contributed by atoms with E-state index in [0.717, 1.165) is 0 Å². The number of methoxy groups -OCH3 is 1. The number of carbonyl (C=O) groups is 1. The number of aliphatic hydroxyl groups excluding tert-OH is 1. The molecule has 6 heteroatoms. The van der Waals surface area contributed by atoms with E-state index in [1.54, 1.807) is 24.3 Å². The van der Waals surface area contributed by atoms with E-state index < -0.39 is 12.1 Å². The largest absolute Gasteiger partial charge is 0.465 e. The first-order valence-corrected chi connectivity index (χ1v) is 7.08. The quantitative estimate of drug-likeness (QED) is 0.832. The lowest BCUT2D eigenvalue weighted by atomic mass is 10.0. The molecule has 0 aliphatic rings. The zero-order valence-corrected chi connectivity index (χ0v) is 13.2. The molecule has 2 aromatic carbocycles. The van der Waals surface area contributed by atoms with Crippen LogP contribution >= 0.6 is 34.8 Å². The average molecular weight is 346 g/mol. The monoisotopic (exact) mass is 344 g/mol. The van der Waals surface area contributed by atoms with Gasteiger partial charge >= 0.3 is 5.97 Å². The Morgan fingerprint density at radius 1 is 1.05 bits per heavy atom. The van der Waals surface area contributed by atoms with Crippen LogP contribution in [0, 0.1) is 0 Å². The zero-order valence-electron chi connectivity index (χ0n) is 10.9. The van der Waals surface area contributed by atoms with Gasteiger partial charge in [-0.25, -0.2) is 4.79 Å². The Labute approximate surface area is 137 Å². The van der Waals surface area contributed by atoms with E-state index >= 15 is 0 Å². The molecule has 0 bridgehead atoms. The number of carbonyl (C=O) groups excluding carboxylic acids is 1. The molecule has 0 aliphatic carbocycles. The second-order valence-electron chi connectivity index (χ2n) is 4.31. The van der Waals surface area contributed by atoms with Gasteiger partial charge in [-0.1, -0.05) is 46.9 Å². The topological polar surface area (TPSA) is 46.5 Å². The van der Waals surface area contributed by atoms with Crippen LogP contribution in [0.2, 0.25) is 15.1 Å². The second-order valence-corrected chi connectivity index (χ2v) is 5.56. The lowest BCUT2D eigenvalue weighted by Crippen LogP contribution is -2.06. The zero-order chi connectivity index (χ0) is 15.6. The maximum absolute atomic E-state index is 11.6. The summed E-state index contributed by atoms with van der Waals surface area (Å²) in [7, 11) is 1.24. The molecular formula is C15H11Cl3O3. The molecule has 21 heavy (non-hydrogen) atoms. The predicted octanol–water partition coefficient (Wildman–Crippen LogP) is 4.52. The van der Waals surface area contributed by atoms with E-state index in [2.05, 4.69) is 4.74 Å². The molecule has 0 spiro atoms. The molecule has 0 aliphatic heterocycles. The fraction of sp³-hybridized carbons (Fsp3) is 0.133. The smallest absolute Gasteiger partial charge is 0.340 e. The highest BCUT2D eigenvalue weighted by Crippen LogP contribution is 2.32. The third-order valence-electron chi connectivity index (χ3n) is 2.96. The Morgan fingerprint density at radius 2 is 1.57 bits per heavy atom. The molecule has 0 amide bonds. The summed E-state index contributed by atoms with van der Waals surface area (Å²) in [5.41, 5.74) is 1.19. The predicted molar refractivity (Wildman–Crippen MR) is 83.3 cm³/mol. The van der Waals surface area contributed by atoms with Gasteiger partial charge in [0.05, 0.1) is 22.7 Å². The van der Waals surface area contributed by atoms with E-state index in [1.165, 1.54) is 19.2 Å². The van der Waals surface area contributed by atoms with Gasteiger partial charge in [-0.15, -0.1) is 0 Å². The van der Waals surface area contributed by atoms with Crippen LogP contribution in [0.25, 0.3) is 0 Å². The Balaban J connectivity index is 2.41. The minimum atomic E-state index is -0.927.